The molecule has 0 saturated heterocycles. The summed E-state index contributed by atoms with van der Waals surface area (Å²) < 4.78 is 0. The number of hydrazone groups is 1. The fraction of sp³-hybridized carbons (Fsp3) is 0.200. The third-order valence-electron chi connectivity index (χ3n) is 5.47. The maximum atomic E-state index is 12.5. The number of fused-ring (bicyclic) bond motifs is 1. The lowest BCUT2D eigenvalue weighted by atomic mass is 10.0. The Morgan fingerprint density at radius 1 is 0.931 bits per heavy atom. The molecule has 0 radical (unpaired) electrons. The Kier molecular flexibility index (Phi) is 5.17. The second-order valence-corrected chi connectivity index (χ2v) is 7.72. The van der Waals surface area contributed by atoms with Gasteiger partial charge in [-0.05, 0) is 66.8 Å². The van der Waals surface area contributed by atoms with Crippen LogP contribution in [0, 0.1) is 20.8 Å². The molecule has 4 nitrogen and oxygen atoms in total. The first-order valence-electron chi connectivity index (χ1n) is 9.84. The highest BCUT2D eigenvalue weighted by Crippen LogP contribution is 2.30. The molecule has 4 heteroatoms. The van der Waals surface area contributed by atoms with Crippen molar-refractivity contribution in [3.8, 4) is 0 Å². The van der Waals surface area contributed by atoms with Gasteiger partial charge in [0.15, 0.2) is 0 Å². The van der Waals surface area contributed by atoms with Gasteiger partial charge in [-0.2, -0.15) is 5.10 Å². The molecule has 0 aliphatic carbocycles. The van der Waals surface area contributed by atoms with E-state index >= 15 is 0 Å². The summed E-state index contributed by atoms with van der Waals surface area (Å²) in [5.74, 6) is -0.210. The second-order valence-electron chi connectivity index (χ2n) is 7.72. The maximum Gasteiger partial charge on any atom is 0.271 e. The number of carbonyl (C=O) groups excluding carboxylic acids is 1. The largest absolute Gasteiger partial charge is 0.363 e. The number of anilines is 1. The lowest BCUT2D eigenvalue weighted by Gasteiger charge is -2.18. The molecule has 1 amide bonds. The summed E-state index contributed by atoms with van der Waals surface area (Å²) in [4.78, 5) is 14.8. The Bertz CT molecular complexity index is 1050. The van der Waals surface area contributed by atoms with Crippen LogP contribution in [-0.2, 0) is 13.1 Å². The van der Waals surface area contributed by atoms with E-state index in [0.29, 0.717) is 5.56 Å². The molecule has 4 rings (SSSR count). The molecule has 1 aliphatic heterocycles. The van der Waals surface area contributed by atoms with Crippen LogP contribution in [0.15, 0.2) is 65.8 Å². The number of aryl methyl sites for hydroxylation is 3. The fourth-order valence-corrected chi connectivity index (χ4v) is 3.61. The van der Waals surface area contributed by atoms with Crippen LogP contribution in [0.2, 0.25) is 0 Å². The van der Waals surface area contributed by atoms with E-state index in [2.05, 4.69) is 47.5 Å². The molecular formula is C25H25N3O. The third kappa shape index (κ3) is 4.21. The van der Waals surface area contributed by atoms with Gasteiger partial charge < -0.3 is 4.90 Å². The molecule has 1 aliphatic rings. The summed E-state index contributed by atoms with van der Waals surface area (Å²) in [6.07, 6.45) is 1.66. The number of hydrogen-bond donors (Lipinski definition) is 1. The Balaban J connectivity index is 1.45. The zero-order valence-corrected chi connectivity index (χ0v) is 17.1. The monoisotopic (exact) mass is 383 g/mol. The molecule has 0 saturated carbocycles. The average molecular weight is 383 g/mol. The summed E-state index contributed by atoms with van der Waals surface area (Å²) in [7, 11) is 0. The van der Waals surface area contributed by atoms with Crippen LogP contribution in [0.4, 0.5) is 5.69 Å². The van der Waals surface area contributed by atoms with E-state index in [1.807, 2.05) is 49.4 Å². The Morgan fingerprint density at radius 3 is 2.24 bits per heavy atom. The number of nitrogens with one attached hydrogen (secondary N) is 1. The number of amides is 1. The van der Waals surface area contributed by atoms with Crippen LogP contribution in [0.25, 0.3) is 0 Å². The van der Waals surface area contributed by atoms with E-state index in [1.165, 1.54) is 27.8 Å². The SMILES string of the molecule is Cc1ccc(C=NNC(=O)c2cccc(N3Cc4cc(C)c(C)cc4C3)c2)cc1. The predicted molar refractivity (Wildman–Crippen MR) is 118 cm³/mol. The molecule has 3 aromatic rings. The number of rotatable bonds is 4. The second kappa shape index (κ2) is 7.92. The molecule has 146 valence electrons. The minimum absolute atomic E-state index is 0.210. The molecule has 1 N–H and O–H groups in total. The van der Waals surface area contributed by atoms with Crippen molar-refractivity contribution in [3.63, 3.8) is 0 Å². The number of nitrogens with zero attached hydrogens (tertiary/aromatic N) is 2. The molecule has 0 unspecified atom stereocenters. The molecule has 0 aromatic heterocycles. The van der Waals surface area contributed by atoms with E-state index < -0.39 is 0 Å². The van der Waals surface area contributed by atoms with Gasteiger partial charge in [0.1, 0.15) is 0 Å². The first kappa shape index (κ1) is 18.9. The summed E-state index contributed by atoms with van der Waals surface area (Å²) >= 11 is 0. The van der Waals surface area contributed by atoms with Crippen molar-refractivity contribution < 1.29 is 4.79 Å². The first-order chi connectivity index (χ1) is 14.0. The van der Waals surface area contributed by atoms with Crippen LogP contribution < -0.4 is 10.3 Å². The van der Waals surface area contributed by atoms with Gasteiger partial charge in [-0.15, -0.1) is 0 Å². The van der Waals surface area contributed by atoms with Gasteiger partial charge in [0.05, 0.1) is 6.21 Å². The predicted octanol–water partition coefficient (Wildman–Crippen LogP) is 4.90. The number of carbonyl (C=O) groups is 1. The van der Waals surface area contributed by atoms with E-state index in [9.17, 15) is 4.79 Å². The van der Waals surface area contributed by atoms with Crippen molar-refractivity contribution in [2.45, 2.75) is 33.9 Å². The number of benzene rings is 3. The van der Waals surface area contributed by atoms with Crippen LogP contribution in [0.1, 0.15) is 43.7 Å². The molecular weight excluding hydrogens is 358 g/mol. The normalized spacial score (nSPS) is 13.0. The van der Waals surface area contributed by atoms with Gasteiger partial charge in [0.25, 0.3) is 5.91 Å². The summed E-state index contributed by atoms with van der Waals surface area (Å²) in [5.41, 5.74) is 11.8. The van der Waals surface area contributed by atoms with Crippen molar-refractivity contribution >= 4 is 17.8 Å². The third-order valence-corrected chi connectivity index (χ3v) is 5.47. The topological polar surface area (TPSA) is 44.7 Å². The minimum atomic E-state index is -0.210. The zero-order chi connectivity index (χ0) is 20.4. The molecule has 0 fully saturated rings. The highest BCUT2D eigenvalue weighted by molar-refractivity contribution is 5.95. The smallest absolute Gasteiger partial charge is 0.271 e. The van der Waals surface area contributed by atoms with Crippen molar-refractivity contribution in [2.75, 3.05) is 4.90 Å². The van der Waals surface area contributed by atoms with Crippen molar-refractivity contribution in [2.24, 2.45) is 5.10 Å². The Labute approximate surface area is 171 Å². The fourth-order valence-electron chi connectivity index (χ4n) is 3.61. The molecule has 3 aromatic carbocycles. The highest BCUT2D eigenvalue weighted by atomic mass is 16.2. The van der Waals surface area contributed by atoms with Crippen LogP contribution in [-0.4, -0.2) is 12.1 Å². The number of hydrogen-bond acceptors (Lipinski definition) is 3. The lowest BCUT2D eigenvalue weighted by Crippen LogP contribution is -2.19. The average Bonchev–Trinajstić information content (AvgIpc) is 3.12. The van der Waals surface area contributed by atoms with Gasteiger partial charge >= 0.3 is 0 Å². The molecule has 1 heterocycles. The first-order valence-corrected chi connectivity index (χ1v) is 9.84. The molecule has 0 bridgehead atoms. The van der Waals surface area contributed by atoms with Crippen LogP contribution >= 0.6 is 0 Å². The van der Waals surface area contributed by atoms with Gasteiger partial charge in [-0.25, -0.2) is 5.43 Å². The standard InChI is InChI=1S/C25H25N3O/c1-17-7-9-20(10-8-17)14-26-27-25(29)21-5-4-6-24(13-21)28-15-22-11-18(2)19(3)12-23(22)16-28/h4-14H,15-16H2,1-3H3,(H,27,29). The van der Waals surface area contributed by atoms with Crippen molar-refractivity contribution in [3.05, 3.63) is 99.6 Å². The van der Waals surface area contributed by atoms with Crippen molar-refractivity contribution in [1.82, 2.24) is 5.43 Å². The van der Waals surface area contributed by atoms with Gasteiger partial charge in [-0.1, -0.05) is 48.0 Å². The molecule has 0 atom stereocenters. The molecule has 29 heavy (non-hydrogen) atoms. The van der Waals surface area contributed by atoms with E-state index in [4.69, 9.17) is 0 Å². The van der Waals surface area contributed by atoms with Gasteiger partial charge in [0.2, 0.25) is 0 Å². The van der Waals surface area contributed by atoms with E-state index in [-0.39, 0.29) is 5.91 Å². The zero-order valence-electron chi connectivity index (χ0n) is 17.1. The Morgan fingerprint density at radius 2 is 1.59 bits per heavy atom. The van der Waals surface area contributed by atoms with E-state index in [1.54, 1.807) is 6.21 Å². The van der Waals surface area contributed by atoms with E-state index in [0.717, 1.165) is 24.3 Å². The van der Waals surface area contributed by atoms with Crippen molar-refractivity contribution in [1.29, 1.82) is 0 Å². The Hall–Kier alpha value is -3.40. The summed E-state index contributed by atoms with van der Waals surface area (Å²) in [6, 6.07) is 20.3. The van der Waals surface area contributed by atoms with Crippen LogP contribution in [0.3, 0.4) is 0 Å². The van der Waals surface area contributed by atoms with Gasteiger partial charge in [-0.3, -0.25) is 4.79 Å². The highest BCUT2D eigenvalue weighted by Gasteiger charge is 2.20. The maximum absolute atomic E-state index is 12.5. The quantitative estimate of drug-likeness (QED) is 0.515. The van der Waals surface area contributed by atoms with Gasteiger partial charge in [0, 0.05) is 24.3 Å². The summed E-state index contributed by atoms with van der Waals surface area (Å²) in [5, 5.41) is 4.09. The molecule has 0 spiro atoms. The van der Waals surface area contributed by atoms with Crippen LogP contribution in [0.5, 0.6) is 0 Å². The minimum Gasteiger partial charge on any atom is -0.363 e. The lowest BCUT2D eigenvalue weighted by molar-refractivity contribution is 0.0955. The summed E-state index contributed by atoms with van der Waals surface area (Å²) in [6.45, 7) is 8.08.